The molecule has 0 unspecified atom stereocenters. The molecule has 0 spiro atoms. The first-order chi connectivity index (χ1) is 8.75. The third-order valence-electron chi connectivity index (χ3n) is 2.96. The molecule has 0 saturated heterocycles. The maximum absolute atomic E-state index is 12.1. The summed E-state index contributed by atoms with van der Waals surface area (Å²) >= 11 is 0. The molecule has 0 amide bonds. The molecule has 2 nitrogen and oxygen atoms in total. The van der Waals surface area contributed by atoms with E-state index in [1.54, 1.807) is 6.92 Å². The summed E-state index contributed by atoms with van der Waals surface area (Å²) in [5, 5.41) is 0.648. The predicted octanol–water partition coefficient (Wildman–Crippen LogP) is 3.77. The van der Waals surface area contributed by atoms with Gasteiger partial charge in [-0.25, -0.2) is 0 Å². The van der Waals surface area contributed by atoms with Gasteiger partial charge in [0, 0.05) is 6.07 Å². The van der Waals surface area contributed by atoms with Gasteiger partial charge < -0.3 is 4.42 Å². The molecule has 0 saturated carbocycles. The molecule has 0 atom stereocenters. The smallest absolute Gasteiger partial charge is 0.193 e. The lowest BCUT2D eigenvalue weighted by atomic mass is 10.0. The van der Waals surface area contributed by atoms with Gasteiger partial charge in [0.05, 0.1) is 5.39 Å². The van der Waals surface area contributed by atoms with Crippen LogP contribution in [0, 0.1) is 6.92 Å². The van der Waals surface area contributed by atoms with E-state index in [1.165, 1.54) is 6.07 Å². The van der Waals surface area contributed by atoms with Crippen LogP contribution in [0.5, 0.6) is 0 Å². The highest BCUT2D eigenvalue weighted by molar-refractivity contribution is 5.93. The second kappa shape index (κ2) is 4.15. The summed E-state index contributed by atoms with van der Waals surface area (Å²) in [5.41, 5.74) is 2.59. The Balaban J connectivity index is 2.41. The van der Waals surface area contributed by atoms with E-state index in [0.29, 0.717) is 16.7 Å². The van der Waals surface area contributed by atoms with Gasteiger partial charge in [0.15, 0.2) is 5.43 Å². The van der Waals surface area contributed by atoms with Gasteiger partial charge in [-0.05, 0) is 24.1 Å². The summed E-state index contributed by atoms with van der Waals surface area (Å²) in [6.45, 7) is 1.79. The van der Waals surface area contributed by atoms with Crippen molar-refractivity contribution in [1.82, 2.24) is 0 Å². The summed E-state index contributed by atoms with van der Waals surface area (Å²) in [5.74, 6) is 0.637. The first-order valence-corrected chi connectivity index (χ1v) is 5.84. The van der Waals surface area contributed by atoms with Crippen molar-refractivity contribution in [2.24, 2.45) is 0 Å². The van der Waals surface area contributed by atoms with Crippen molar-refractivity contribution >= 4 is 11.0 Å². The summed E-state index contributed by atoms with van der Waals surface area (Å²) < 4.78 is 5.60. The highest BCUT2D eigenvalue weighted by atomic mass is 16.3. The molecule has 88 valence electrons. The van der Waals surface area contributed by atoms with Crippen molar-refractivity contribution in [3.63, 3.8) is 0 Å². The highest BCUT2D eigenvalue weighted by Crippen LogP contribution is 2.26. The Morgan fingerprint density at radius 1 is 0.944 bits per heavy atom. The van der Waals surface area contributed by atoms with Gasteiger partial charge in [-0.3, -0.25) is 4.79 Å². The van der Waals surface area contributed by atoms with Crippen LogP contribution in [0.15, 0.2) is 63.8 Å². The van der Waals surface area contributed by atoms with Crippen LogP contribution in [0.2, 0.25) is 0 Å². The first kappa shape index (κ1) is 10.8. The topological polar surface area (TPSA) is 30.2 Å². The van der Waals surface area contributed by atoms with Crippen LogP contribution in [0.4, 0.5) is 0 Å². The van der Waals surface area contributed by atoms with Crippen LogP contribution in [-0.2, 0) is 0 Å². The summed E-state index contributed by atoms with van der Waals surface area (Å²) in [7, 11) is 0. The standard InChI is InChI=1S/C16H12O2/c1-11-10-14(17)16-13(8-5-9-15(16)18-11)12-6-3-2-4-7-12/h2-10H,1H3. The predicted molar refractivity (Wildman–Crippen MR) is 72.7 cm³/mol. The molecule has 2 aromatic carbocycles. The number of hydrogen-bond acceptors (Lipinski definition) is 2. The van der Waals surface area contributed by atoms with Crippen LogP contribution >= 0.6 is 0 Å². The average Bonchev–Trinajstić information content (AvgIpc) is 2.38. The van der Waals surface area contributed by atoms with Crippen molar-refractivity contribution in [3.8, 4) is 11.1 Å². The van der Waals surface area contributed by atoms with Crippen LogP contribution in [0.25, 0.3) is 22.1 Å². The molecule has 0 aliphatic heterocycles. The van der Waals surface area contributed by atoms with Crippen molar-refractivity contribution in [1.29, 1.82) is 0 Å². The monoisotopic (exact) mass is 236 g/mol. The van der Waals surface area contributed by atoms with Crippen molar-refractivity contribution in [3.05, 3.63) is 70.6 Å². The molecule has 1 aromatic heterocycles. The summed E-state index contributed by atoms with van der Waals surface area (Å²) in [6.07, 6.45) is 0. The average molecular weight is 236 g/mol. The summed E-state index contributed by atoms with van der Waals surface area (Å²) in [4.78, 5) is 12.1. The number of fused-ring (bicyclic) bond motifs is 1. The SMILES string of the molecule is Cc1cc(=O)c2c(-c3ccccc3)cccc2o1. The zero-order chi connectivity index (χ0) is 12.5. The van der Waals surface area contributed by atoms with Gasteiger partial charge in [0.25, 0.3) is 0 Å². The molecule has 1 heterocycles. The molecule has 3 rings (SSSR count). The molecule has 2 heteroatoms. The molecule has 0 radical (unpaired) electrons. The van der Waals surface area contributed by atoms with E-state index in [9.17, 15) is 4.79 Å². The Labute approximate surface area is 105 Å². The van der Waals surface area contributed by atoms with E-state index in [0.717, 1.165) is 11.1 Å². The van der Waals surface area contributed by atoms with E-state index in [2.05, 4.69) is 0 Å². The van der Waals surface area contributed by atoms with Gasteiger partial charge in [0.2, 0.25) is 0 Å². The second-order valence-corrected chi connectivity index (χ2v) is 4.27. The first-order valence-electron chi connectivity index (χ1n) is 5.84. The number of hydrogen-bond donors (Lipinski definition) is 0. The molecular formula is C16H12O2. The number of benzene rings is 2. The fraction of sp³-hybridized carbons (Fsp3) is 0.0625. The minimum atomic E-state index is 0.00760. The van der Waals surface area contributed by atoms with E-state index in [4.69, 9.17) is 4.42 Å². The van der Waals surface area contributed by atoms with E-state index in [-0.39, 0.29) is 5.43 Å². The quantitative estimate of drug-likeness (QED) is 0.643. The third kappa shape index (κ3) is 1.72. The van der Waals surface area contributed by atoms with Gasteiger partial charge in [-0.1, -0.05) is 42.5 Å². The third-order valence-corrected chi connectivity index (χ3v) is 2.96. The molecular weight excluding hydrogens is 224 g/mol. The molecule has 3 aromatic rings. The van der Waals surface area contributed by atoms with Gasteiger partial charge >= 0.3 is 0 Å². The molecule has 18 heavy (non-hydrogen) atoms. The highest BCUT2D eigenvalue weighted by Gasteiger charge is 2.08. The Bertz CT molecular complexity index is 755. The van der Waals surface area contributed by atoms with Crippen LogP contribution in [-0.4, -0.2) is 0 Å². The normalized spacial score (nSPS) is 10.7. The minimum absolute atomic E-state index is 0.00760. The molecule has 0 aliphatic rings. The zero-order valence-corrected chi connectivity index (χ0v) is 10.0. The lowest BCUT2D eigenvalue weighted by Crippen LogP contribution is -2.02. The maximum atomic E-state index is 12.1. The largest absolute Gasteiger partial charge is 0.461 e. The molecule has 0 N–H and O–H groups in total. The summed E-state index contributed by atoms with van der Waals surface area (Å²) in [6, 6.07) is 17.1. The Morgan fingerprint density at radius 2 is 1.72 bits per heavy atom. The minimum Gasteiger partial charge on any atom is -0.461 e. The van der Waals surface area contributed by atoms with Gasteiger partial charge in [0.1, 0.15) is 11.3 Å². The fourth-order valence-electron chi connectivity index (χ4n) is 2.19. The van der Waals surface area contributed by atoms with E-state index in [1.807, 2.05) is 48.5 Å². The fourth-order valence-corrected chi connectivity index (χ4v) is 2.19. The van der Waals surface area contributed by atoms with E-state index >= 15 is 0 Å². The Hall–Kier alpha value is -2.35. The maximum Gasteiger partial charge on any atom is 0.193 e. The lowest BCUT2D eigenvalue weighted by Gasteiger charge is -2.05. The Kier molecular flexibility index (Phi) is 2.49. The lowest BCUT2D eigenvalue weighted by molar-refractivity contribution is 0.565. The zero-order valence-electron chi connectivity index (χ0n) is 10.0. The van der Waals surface area contributed by atoms with Crippen molar-refractivity contribution in [2.75, 3.05) is 0 Å². The second-order valence-electron chi connectivity index (χ2n) is 4.27. The molecule has 0 fully saturated rings. The van der Waals surface area contributed by atoms with Gasteiger partial charge in [-0.15, -0.1) is 0 Å². The number of aryl methyl sites for hydroxylation is 1. The Morgan fingerprint density at radius 3 is 2.50 bits per heavy atom. The van der Waals surface area contributed by atoms with Crippen LogP contribution in [0.1, 0.15) is 5.76 Å². The number of rotatable bonds is 1. The van der Waals surface area contributed by atoms with Gasteiger partial charge in [-0.2, -0.15) is 0 Å². The molecule has 0 bridgehead atoms. The van der Waals surface area contributed by atoms with Crippen LogP contribution in [0.3, 0.4) is 0 Å². The molecule has 0 aliphatic carbocycles. The van der Waals surface area contributed by atoms with E-state index < -0.39 is 0 Å². The van der Waals surface area contributed by atoms with Crippen molar-refractivity contribution < 1.29 is 4.42 Å². The van der Waals surface area contributed by atoms with Crippen LogP contribution < -0.4 is 5.43 Å². The van der Waals surface area contributed by atoms with Crippen molar-refractivity contribution in [2.45, 2.75) is 6.92 Å².